The Kier molecular flexibility index (Phi) is 7.19. The SMILES string of the molecule is COc1cc(CNC(=O)[C@H](C)Sc2ccccc2)ccc1OC(C)C. The van der Waals surface area contributed by atoms with E-state index in [2.05, 4.69) is 5.32 Å². The zero-order chi connectivity index (χ0) is 18.2. The van der Waals surface area contributed by atoms with E-state index in [1.807, 2.05) is 69.3 Å². The topological polar surface area (TPSA) is 47.6 Å². The number of methoxy groups -OCH3 is 1. The number of carbonyl (C=O) groups is 1. The zero-order valence-corrected chi connectivity index (χ0v) is 15.9. The van der Waals surface area contributed by atoms with E-state index in [0.717, 1.165) is 10.5 Å². The fourth-order valence-electron chi connectivity index (χ4n) is 2.26. The summed E-state index contributed by atoms with van der Waals surface area (Å²) >= 11 is 1.55. The number of hydrogen-bond donors (Lipinski definition) is 1. The van der Waals surface area contributed by atoms with Crippen LogP contribution < -0.4 is 14.8 Å². The lowest BCUT2D eigenvalue weighted by atomic mass is 10.2. The Bertz CT molecular complexity index is 689. The second-order valence-electron chi connectivity index (χ2n) is 5.94. The summed E-state index contributed by atoms with van der Waals surface area (Å²) in [4.78, 5) is 13.4. The largest absolute Gasteiger partial charge is 0.493 e. The molecule has 1 N–H and O–H groups in total. The van der Waals surface area contributed by atoms with Crippen molar-refractivity contribution in [3.05, 3.63) is 54.1 Å². The number of carbonyl (C=O) groups excluding carboxylic acids is 1. The van der Waals surface area contributed by atoms with E-state index in [1.54, 1.807) is 18.9 Å². The fraction of sp³-hybridized carbons (Fsp3) is 0.350. The van der Waals surface area contributed by atoms with Crippen molar-refractivity contribution in [1.82, 2.24) is 5.32 Å². The molecule has 134 valence electrons. The van der Waals surface area contributed by atoms with Gasteiger partial charge < -0.3 is 14.8 Å². The fourth-order valence-corrected chi connectivity index (χ4v) is 3.18. The third-order valence-corrected chi connectivity index (χ3v) is 4.59. The molecule has 2 rings (SSSR count). The maximum Gasteiger partial charge on any atom is 0.233 e. The van der Waals surface area contributed by atoms with Gasteiger partial charge in [0, 0.05) is 11.4 Å². The Morgan fingerprint density at radius 1 is 1.08 bits per heavy atom. The highest BCUT2D eigenvalue weighted by Crippen LogP contribution is 2.29. The van der Waals surface area contributed by atoms with Crippen LogP contribution in [0.1, 0.15) is 26.3 Å². The van der Waals surface area contributed by atoms with Crippen molar-refractivity contribution >= 4 is 17.7 Å². The molecule has 0 radical (unpaired) electrons. The van der Waals surface area contributed by atoms with E-state index in [0.29, 0.717) is 18.0 Å². The van der Waals surface area contributed by atoms with Gasteiger partial charge in [0.1, 0.15) is 0 Å². The van der Waals surface area contributed by atoms with Crippen LogP contribution in [0.4, 0.5) is 0 Å². The summed E-state index contributed by atoms with van der Waals surface area (Å²) in [5, 5.41) is 2.81. The molecule has 1 amide bonds. The minimum atomic E-state index is -0.159. The van der Waals surface area contributed by atoms with Crippen molar-refractivity contribution < 1.29 is 14.3 Å². The van der Waals surface area contributed by atoms with Gasteiger partial charge in [0.05, 0.1) is 18.5 Å². The molecule has 4 nitrogen and oxygen atoms in total. The average molecular weight is 359 g/mol. The summed E-state index contributed by atoms with van der Waals surface area (Å²) in [5.41, 5.74) is 0.971. The monoisotopic (exact) mass is 359 g/mol. The summed E-state index contributed by atoms with van der Waals surface area (Å²) in [6, 6.07) is 15.6. The quantitative estimate of drug-likeness (QED) is 0.715. The van der Waals surface area contributed by atoms with E-state index in [1.165, 1.54) is 0 Å². The van der Waals surface area contributed by atoms with Crippen LogP contribution in [0.2, 0.25) is 0 Å². The van der Waals surface area contributed by atoms with E-state index in [9.17, 15) is 4.79 Å². The van der Waals surface area contributed by atoms with Crippen LogP contribution in [-0.4, -0.2) is 24.4 Å². The number of thioether (sulfide) groups is 1. The maximum absolute atomic E-state index is 12.3. The smallest absolute Gasteiger partial charge is 0.233 e. The van der Waals surface area contributed by atoms with Gasteiger partial charge in [0.2, 0.25) is 5.91 Å². The summed E-state index contributed by atoms with van der Waals surface area (Å²) < 4.78 is 11.1. The summed E-state index contributed by atoms with van der Waals surface area (Å²) in [6.07, 6.45) is 0.0790. The molecule has 0 fully saturated rings. The molecule has 1 atom stereocenters. The van der Waals surface area contributed by atoms with Gasteiger partial charge in [0.15, 0.2) is 11.5 Å². The predicted octanol–water partition coefficient (Wildman–Crippen LogP) is 4.28. The number of hydrogen-bond acceptors (Lipinski definition) is 4. The zero-order valence-electron chi connectivity index (χ0n) is 15.1. The van der Waals surface area contributed by atoms with Gasteiger partial charge in [0.25, 0.3) is 0 Å². The Hall–Kier alpha value is -2.14. The third kappa shape index (κ3) is 6.02. The van der Waals surface area contributed by atoms with Gasteiger partial charge in [-0.25, -0.2) is 0 Å². The van der Waals surface area contributed by atoms with E-state index in [4.69, 9.17) is 9.47 Å². The van der Waals surface area contributed by atoms with Crippen molar-refractivity contribution in [2.45, 2.75) is 43.6 Å². The average Bonchev–Trinajstić information content (AvgIpc) is 2.60. The second kappa shape index (κ2) is 9.37. The predicted molar refractivity (Wildman–Crippen MR) is 102 cm³/mol. The molecule has 0 bridgehead atoms. The highest BCUT2D eigenvalue weighted by atomic mass is 32.2. The van der Waals surface area contributed by atoms with Crippen molar-refractivity contribution in [1.29, 1.82) is 0 Å². The number of rotatable bonds is 8. The molecular weight excluding hydrogens is 334 g/mol. The molecule has 0 spiro atoms. The molecule has 25 heavy (non-hydrogen) atoms. The highest BCUT2D eigenvalue weighted by Gasteiger charge is 2.14. The van der Waals surface area contributed by atoms with Crippen LogP contribution in [0.25, 0.3) is 0 Å². The van der Waals surface area contributed by atoms with Gasteiger partial charge in [-0.1, -0.05) is 24.3 Å². The Labute approximate surface area is 153 Å². The molecule has 0 aliphatic heterocycles. The van der Waals surface area contributed by atoms with Gasteiger partial charge in [-0.15, -0.1) is 11.8 Å². The van der Waals surface area contributed by atoms with Gasteiger partial charge in [-0.3, -0.25) is 4.79 Å². The minimum Gasteiger partial charge on any atom is -0.493 e. The van der Waals surface area contributed by atoms with Crippen LogP contribution in [0.3, 0.4) is 0 Å². The Balaban J connectivity index is 1.92. The van der Waals surface area contributed by atoms with Crippen LogP contribution >= 0.6 is 11.8 Å². The molecule has 0 heterocycles. The molecular formula is C20H25NO3S. The molecule has 0 unspecified atom stereocenters. The summed E-state index contributed by atoms with van der Waals surface area (Å²) in [5.74, 6) is 1.39. The van der Waals surface area contributed by atoms with Crippen molar-refractivity contribution in [2.24, 2.45) is 0 Å². The van der Waals surface area contributed by atoms with Crippen LogP contribution in [0, 0.1) is 0 Å². The van der Waals surface area contributed by atoms with Crippen LogP contribution in [0.5, 0.6) is 11.5 Å². The first kappa shape index (κ1) is 19.2. The standard InChI is InChI=1S/C20H25NO3S/c1-14(2)24-18-11-10-16(12-19(18)23-4)13-21-20(22)15(3)25-17-8-6-5-7-9-17/h5-12,14-15H,13H2,1-4H3,(H,21,22)/t15-/m0/s1. The highest BCUT2D eigenvalue weighted by molar-refractivity contribution is 8.00. The lowest BCUT2D eigenvalue weighted by Crippen LogP contribution is -2.30. The minimum absolute atomic E-state index is 0.00956. The number of ether oxygens (including phenoxy) is 2. The first-order valence-electron chi connectivity index (χ1n) is 8.32. The van der Waals surface area contributed by atoms with Crippen molar-refractivity contribution in [3.63, 3.8) is 0 Å². The van der Waals surface area contributed by atoms with Gasteiger partial charge in [-0.2, -0.15) is 0 Å². The lowest BCUT2D eigenvalue weighted by molar-refractivity contribution is -0.120. The number of nitrogens with one attached hydrogen (secondary N) is 1. The van der Waals surface area contributed by atoms with Gasteiger partial charge in [-0.05, 0) is 50.6 Å². The number of amides is 1. The van der Waals surface area contributed by atoms with Crippen LogP contribution in [-0.2, 0) is 11.3 Å². The first-order chi connectivity index (χ1) is 12.0. The normalized spacial score (nSPS) is 11.9. The Morgan fingerprint density at radius 3 is 2.44 bits per heavy atom. The second-order valence-corrected chi connectivity index (χ2v) is 7.36. The molecule has 0 aliphatic carbocycles. The summed E-state index contributed by atoms with van der Waals surface area (Å²) in [6.45, 7) is 6.31. The molecule has 0 aromatic heterocycles. The third-order valence-electron chi connectivity index (χ3n) is 3.48. The lowest BCUT2D eigenvalue weighted by Gasteiger charge is -2.15. The van der Waals surface area contributed by atoms with Gasteiger partial charge >= 0.3 is 0 Å². The molecule has 0 saturated carbocycles. The summed E-state index contributed by atoms with van der Waals surface area (Å²) in [7, 11) is 1.61. The maximum atomic E-state index is 12.3. The van der Waals surface area contributed by atoms with Crippen LogP contribution in [0.15, 0.2) is 53.4 Å². The molecule has 5 heteroatoms. The molecule has 2 aromatic rings. The number of benzene rings is 2. The van der Waals surface area contributed by atoms with E-state index in [-0.39, 0.29) is 17.3 Å². The molecule has 0 saturated heterocycles. The van der Waals surface area contributed by atoms with Crippen molar-refractivity contribution in [2.75, 3.05) is 7.11 Å². The van der Waals surface area contributed by atoms with E-state index >= 15 is 0 Å². The van der Waals surface area contributed by atoms with Crippen molar-refractivity contribution in [3.8, 4) is 11.5 Å². The molecule has 2 aromatic carbocycles. The molecule has 0 aliphatic rings. The Morgan fingerprint density at radius 2 is 1.80 bits per heavy atom. The first-order valence-corrected chi connectivity index (χ1v) is 9.20. The van der Waals surface area contributed by atoms with E-state index < -0.39 is 0 Å².